The summed E-state index contributed by atoms with van der Waals surface area (Å²) in [6, 6.07) is 6.24. The highest BCUT2D eigenvalue weighted by Gasteiger charge is 2.30. The maximum atomic E-state index is 10.3. The summed E-state index contributed by atoms with van der Waals surface area (Å²) in [6.45, 7) is 6.59. The molecule has 0 aliphatic heterocycles. The molecule has 2 rings (SSSR count). The molecule has 0 heterocycles. The molecule has 0 amide bonds. The van der Waals surface area contributed by atoms with E-state index in [1.807, 2.05) is 0 Å². The van der Waals surface area contributed by atoms with Crippen molar-refractivity contribution >= 4 is 0 Å². The lowest BCUT2D eigenvalue weighted by Crippen LogP contribution is -2.00. The minimum Gasteiger partial charge on any atom is -0.507 e. The highest BCUT2D eigenvalue weighted by molar-refractivity contribution is 5.44. The van der Waals surface area contributed by atoms with Crippen molar-refractivity contribution in [1.29, 1.82) is 0 Å². The van der Waals surface area contributed by atoms with Crippen molar-refractivity contribution in [3.8, 4) is 5.75 Å². The first-order chi connectivity index (χ1) is 7.65. The fraction of sp³-hybridized carbons (Fsp3) is 0.600. The molecule has 1 heteroatoms. The van der Waals surface area contributed by atoms with Crippen LogP contribution in [0, 0.1) is 5.92 Å². The number of hydrogen-bond acceptors (Lipinski definition) is 1. The number of para-hydroxylation sites is 1. The number of phenolic OH excluding ortho intramolecular Hbond substituents is 1. The van der Waals surface area contributed by atoms with Gasteiger partial charge < -0.3 is 5.11 Å². The molecule has 0 aromatic heterocycles. The molecule has 1 saturated carbocycles. The molecule has 2 atom stereocenters. The Balaban J connectivity index is 2.31. The molecule has 0 radical (unpaired) electrons. The van der Waals surface area contributed by atoms with Gasteiger partial charge in [0.2, 0.25) is 0 Å². The van der Waals surface area contributed by atoms with Gasteiger partial charge in [-0.15, -0.1) is 0 Å². The molecule has 1 aliphatic rings. The quantitative estimate of drug-likeness (QED) is 0.793. The molecule has 0 saturated heterocycles. The first-order valence-electron chi connectivity index (χ1n) is 6.46. The summed E-state index contributed by atoms with van der Waals surface area (Å²) in [4.78, 5) is 0. The van der Waals surface area contributed by atoms with Crippen LogP contribution >= 0.6 is 0 Å². The van der Waals surface area contributed by atoms with Gasteiger partial charge in [-0.1, -0.05) is 39.0 Å². The Bertz CT molecular complexity index is 366. The average Bonchev–Trinajstić information content (AvgIpc) is 3.11. The molecule has 1 nitrogen and oxygen atoms in total. The first-order valence-corrected chi connectivity index (χ1v) is 6.46. The van der Waals surface area contributed by atoms with Gasteiger partial charge in [-0.2, -0.15) is 0 Å². The second-order valence-corrected chi connectivity index (χ2v) is 5.22. The van der Waals surface area contributed by atoms with Crippen LogP contribution in [0.3, 0.4) is 0 Å². The summed E-state index contributed by atoms with van der Waals surface area (Å²) < 4.78 is 0. The highest BCUT2D eigenvalue weighted by Crippen LogP contribution is 2.46. The second kappa shape index (κ2) is 4.48. The van der Waals surface area contributed by atoms with Gasteiger partial charge in [0.05, 0.1) is 0 Å². The van der Waals surface area contributed by atoms with E-state index in [0.29, 0.717) is 17.6 Å². The van der Waals surface area contributed by atoms with Crippen LogP contribution in [0.15, 0.2) is 18.2 Å². The summed E-state index contributed by atoms with van der Waals surface area (Å²) in [5.41, 5.74) is 2.27. The first kappa shape index (κ1) is 11.5. The molecule has 1 aromatic carbocycles. The van der Waals surface area contributed by atoms with Crippen LogP contribution in [0.25, 0.3) is 0 Å². The third kappa shape index (κ3) is 2.09. The minimum absolute atomic E-state index is 0.450. The molecule has 1 N–H and O–H groups in total. The number of hydrogen-bond donors (Lipinski definition) is 1. The van der Waals surface area contributed by atoms with Crippen LogP contribution in [-0.4, -0.2) is 5.11 Å². The van der Waals surface area contributed by atoms with Gasteiger partial charge in [-0.3, -0.25) is 0 Å². The van der Waals surface area contributed by atoms with Crippen LogP contribution in [0.4, 0.5) is 0 Å². The van der Waals surface area contributed by atoms with Crippen molar-refractivity contribution in [2.45, 2.75) is 51.9 Å². The van der Waals surface area contributed by atoms with E-state index in [9.17, 15) is 5.11 Å². The molecule has 88 valence electrons. The predicted octanol–water partition coefficient (Wildman–Crippen LogP) is 4.42. The molecular formula is C15H22O. The lowest BCUT2D eigenvalue weighted by molar-refractivity contribution is 0.446. The molecule has 0 bridgehead atoms. The smallest absolute Gasteiger partial charge is 0.122 e. The summed E-state index contributed by atoms with van der Waals surface area (Å²) in [6.07, 6.45) is 3.73. The van der Waals surface area contributed by atoms with Gasteiger partial charge in [0.1, 0.15) is 5.75 Å². The van der Waals surface area contributed by atoms with Crippen LogP contribution < -0.4 is 0 Å². The van der Waals surface area contributed by atoms with Crippen molar-refractivity contribution in [3.05, 3.63) is 29.3 Å². The third-order valence-electron chi connectivity index (χ3n) is 4.06. The van der Waals surface area contributed by atoms with Crippen LogP contribution in [-0.2, 0) is 0 Å². The molecule has 1 fully saturated rings. The Kier molecular flexibility index (Phi) is 3.22. The Hall–Kier alpha value is -0.980. The van der Waals surface area contributed by atoms with E-state index >= 15 is 0 Å². The molecule has 1 aliphatic carbocycles. The van der Waals surface area contributed by atoms with Gasteiger partial charge in [-0.05, 0) is 48.1 Å². The topological polar surface area (TPSA) is 20.2 Å². The van der Waals surface area contributed by atoms with Crippen molar-refractivity contribution in [2.24, 2.45) is 5.92 Å². The fourth-order valence-electron chi connectivity index (χ4n) is 2.42. The standard InChI is InChI=1S/C15H22O/c1-4-10(2)13-6-5-7-14(15(13)16)11(3)12-8-9-12/h5-7,10-12,16H,4,8-9H2,1-3H3/t10-,11-/m0/s1. The monoisotopic (exact) mass is 218 g/mol. The number of phenols is 1. The number of aromatic hydroxyl groups is 1. The molecule has 0 spiro atoms. The summed E-state index contributed by atoms with van der Waals surface area (Å²) in [7, 11) is 0. The normalized spacial score (nSPS) is 19.4. The van der Waals surface area contributed by atoms with Crippen molar-refractivity contribution in [3.63, 3.8) is 0 Å². The van der Waals surface area contributed by atoms with E-state index in [0.717, 1.165) is 23.5 Å². The summed E-state index contributed by atoms with van der Waals surface area (Å²) >= 11 is 0. The molecule has 16 heavy (non-hydrogen) atoms. The second-order valence-electron chi connectivity index (χ2n) is 5.22. The zero-order chi connectivity index (χ0) is 11.7. The van der Waals surface area contributed by atoms with Crippen LogP contribution in [0.2, 0.25) is 0 Å². The van der Waals surface area contributed by atoms with E-state index in [1.165, 1.54) is 12.8 Å². The minimum atomic E-state index is 0.450. The van der Waals surface area contributed by atoms with Gasteiger partial charge in [-0.25, -0.2) is 0 Å². The van der Waals surface area contributed by atoms with Gasteiger partial charge in [0.25, 0.3) is 0 Å². The Labute approximate surface area is 98.5 Å². The fourth-order valence-corrected chi connectivity index (χ4v) is 2.42. The van der Waals surface area contributed by atoms with E-state index in [4.69, 9.17) is 0 Å². The Morgan fingerprint density at radius 2 is 1.88 bits per heavy atom. The van der Waals surface area contributed by atoms with Crippen molar-refractivity contribution < 1.29 is 5.11 Å². The van der Waals surface area contributed by atoms with E-state index in [-0.39, 0.29) is 0 Å². The van der Waals surface area contributed by atoms with E-state index in [2.05, 4.69) is 39.0 Å². The van der Waals surface area contributed by atoms with E-state index in [1.54, 1.807) is 0 Å². The highest BCUT2D eigenvalue weighted by atomic mass is 16.3. The average molecular weight is 218 g/mol. The lowest BCUT2D eigenvalue weighted by Gasteiger charge is -2.18. The maximum Gasteiger partial charge on any atom is 0.122 e. The van der Waals surface area contributed by atoms with Crippen LogP contribution in [0.1, 0.15) is 63.0 Å². The predicted molar refractivity (Wildman–Crippen MR) is 68.0 cm³/mol. The van der Waals surface area contributed by atoms with Gasteiger partial charge >= 0.3 is 0 Å². The summed E-state index contributed by atoms with van der Waals surface area (Å²) in [5, 5.41) is 10.3. The third-order valence-corrected chi connectivity index (χ3v) is 4.06. The number of benzene rings is 1. The molecule has 0 unspecified atom stereocenters. The van der Waals surface area contributed by atoms with E-state index < -0.39 is 0 Å². The Morgan fingerprint density at radius 1 is 1.25 bits per heavy atom. The molecule has 1 aromatic rings. The number of rotatable bonds is 4. The summed E-state index contributed by atoms with van der Waals surface area (Å²) in [5.74, 6) is 2.32. The van der Waals surface area contributed by atoms with Crippen LogP contribution in [0.5, 0.6) is 5.75 Å². The van der Waals surface area contributed by atoms with Gasteiger partial charge in [0, 0.05) is 0 Å². The SMILES string of the molecule is CC[C@H](C)c1cccc([C@@H](C)C2CC2)c1O. The largest absolute Gasteiger partial charge is 0.507 e. The lowest BCUT2D eigenvalue weighted by atomic mass is 9.89. The molecular weight excluding hydrogens is 196 g/mol. The maximum absolute atomic E-state index is 10.3. The Morgan fingerprint density at radius 3 is 2.44 bits per heavy atom. The van der Waals surface area contributed by atoms with Gasteiger partial charge in [0.15, 0.2) is 0 Å². The zero-order valence-electron chi connectivity index (χ0n) is 10.5. The zero-order valence-corrected chi connectivity index (χ0v) is 10.5. The van der Waals surface area contributed by atoms with Crippen molar-refractivity contribution in [1.82, 2.24) is 0 Å². The van der Waals surface area contributed by atoms with Crippen molar-refractivity contribution in [2.75, 3.05) is 0 Å².